The van der Waals surface area contributed by atoms with Crippen LogP contribution in [0.25, 0.3) is 33.2 Å². The molecule has 31 heavy (non-hydrogen) atoms. The van der Waals surface area contributed by atoms with Crippen molar-refractivity contribution >= 4 is 44.4 Å². The smallest absolute Gasteiger partial charge is 0.211 e. The van der Waals surface area contributed by atoms with Gasteiger partial charge >= 0.3 is 0 Å². The first-order valence-corrected chi connectivity index (χ1v) is 11.3. The van der Waals surface area contributed by atoms with E-state index in [4.69, 9.17) is 4.98 Å². The zero-order chi connectivity index (χ0) is 20.8. The van der Waals surface area contributed by atoms with Crippen molar-refractivity contribution in [2.45, 2.75) is 31.6 Å². The standard InChI is InChI=1S/C23H21N7S/c1-30-13-17(16-7-4-10-24-21(16)30)15-11-19-18(25-12-15)8-9-20(26-19)27-23-29-28-22(31-23)14-5-2-3-6-14/h4,7-14H,2-3,5-6H2,1H3,(H,26,27,29). The van der Waals surface area contributed by atoms with Gasteiger partial charge < -0.3 is 9.88 Å². The Kier molecular flexibility index (Phi) is 4.38. The Morgan fingerprint density at radius 1 is 1.06 bits per heavy atom. The maximum atomic E-state index is 4.79. The average Bonchev–Trinajstić information content (AvgIpc) is 3.54. The van der Waals surface area contributed by atoms with Gasteiger partial charge in [0.05, 0.1) is 11.0 Å². The highest BCUT2D eigenvalue weighted by Crippen LogP contribution is 2.37. The molecule has 0 aliphatic heterocycles. The van der Waals surface area contributed by atoms with E-state index in [9.17, 15) is 0 Å². The van der Waals surface area contributed by atoms with Crippen molar-refractivity contribution in [3.8, 4) is 11.1 Å². The topological polar surface area (TPSA) is 81.4 Å². The number of nitrogens with zero attached hydrogens (tertiary/aromatic N) is 6. The lowest BCUT2D eigenvalue weighted by Crippen LogP contribution is -1.94. The minimum absolute atomic E-state index is 0.569. The molecular formula is C23H21N7S. The third kappa shape index (κ3) is 3.33. The number of hydrogen-bond donors (Lipinski definition) is 1. The number of aromatic nitrogens is 6. The SMILES string of the molecule is Cn1cc(-c2cnc3ccc(Nc4nnc(C5CCCC5)s4)nc3c2)c2cccnc21. The summed E-state index contributed by atoms with van der Waals surface area (Å²) in [6.07, 6.45) is 10.8. The molecule has 6 rings (SSSR count). The number of rotatable bonds is 4. The molecule has 0 spiro atoms. The third-order valence-corrected chi connectivity index (χ3v) is 6.96. The molecule has 154 valence electrons. The third-order valence-electron chi connectivity index (χ3n) is 5.96. The van der Waals surface area contributed by atoms with Gasteiger partial charge in [0.1, 0.15) is 16.5 Å². The molecule has 1 aliphatic rings. The zero-order valence-electron chi connectivity index (χ0n) is 17.1. The number of aryl methyl sites for hydroxylation is 1. The van der Waals surface area contributed by atoms with Crippen molar-refractivity contribution in [3.05, 3.63) is 53.9 Å². The lowest BCUT2D eigenvalue weighted by atomic mass is 10.1. The molecule has 0 unspecified atom stereocenters. The molecule has 1 saturated carbocycles. The van der Waals surface area contributed by atoms with Crippen LogP contribution in [-0.4, -0.2) is 29.7 Å². The van der Waals surface area contributed by atoms with Crippen molar-refractivity contribution in [1.82, 2.24) is 29.7 Å². The highest BCUT2D eigenvalue weighted by Gasteiger charge is 2.21. The summed E-state index contributed by atoms with van der Waals surface area (Å²) >= 11 is 1.64. The fourth-order valence-electron chi connectivity index (χ4n) is 4.40. The van der Waals surface area contributed by atoms with Gasteiger partial charge in [0, 0.05) is 48.1 Å². The van der Waals surface area contributed by atoms with Crippen LogP contribution in [0.3, 0.4) is 0 Å². The van der Waals surface area contributed by atoms with E-state index in [0.29, 0.717) is 5.92 Å². The molecule has 1 aliphatic carbocycles. The van der Waals surface area contributed by atoms with Crippen LogP contribution in [0.5, 0.6) is 0 Å². The Morgan fingerprint density at radius 3 is 2.87 bits per heavy atom. The molecule has 0 saturated heterocycles. The summed E-state index contributed by atoms with van der Waals surface area (Å²) in [7, 11) is 2.01. The van der Waals surface area contributed by atoms with E-state index in [2.05, 4.69) is 43.8 Å². The van der Waals surface area contributed by atoms with Gasteiger partial charge in [-0.05, 0) is 43.2 Å². The van der Waals surface area contributed by atoms with Crippen LogP contribution < -0.4 is 5.32 Å². The normalized spacial score (nSPS) is 14.6. The Balaban J connectivity index is 1.33. The fraction of sp³-hybridized carbons (Fsp3) is 0.261. The van der Waals surface area contributed by atoms with Gasteiger partial charge in [-0.3, -0.25) is 4.98 Å². The molecule has 5 aromatic heterocycles. The monoisotopic (exact) mass is 427 g/mol. The van der Waals surface area contributed by atoms with E-state index in [0.717, 1.165) is 49.2 Å². The van der Waals surface area contributed by atoms with Crippen molar-refractivity contribution < 1.29 is 0 Å². The number of hydrogen-bond acceptors (Lipinski definition) is 7. The van der Waals surface area contributed by atoms with E-state index >= 15 is 0 Å². The van der Waals surface area contributed by atoms with Gasteiger partial charge in [-0.1, -0.05) is 24.2 Å². The summed E-state index contributed by atoms with van der Waals surface area (Å²) in [5.41, 5.74) is 4.77. The van der Waals surface area contributed by atoms with E-state index in [1.807, 2.05) is 42.2 Å². The Labute approximate surface area is 183 Å². The van der Waals surface area contributed by atoms with Gasteiger partial charge in [-0.15, -0.1) is 10.2 Å². The van der Waals surface area contributed by atoms with Gasteiger partial charge in [0.15, 0.2) is 0 Å². The van der Waals surface area contributed by atoms with E-state index in [1.54, 1.807) is 11.3 Å². The maximum Gasteiger partial charge on any atom is 0.211 e. The first-order valence-electron chi connectivity index (χ1n) is 10.5. The van der Waals surface area contributed by atoms with Crippen LogP contribution in [-0.2, 0) is 7.05 Å². The van der Waals surface area contributed by atoms with Crippen molar-refractivity contribution in [2.75, 3.05) is 5.32 Å². The first kappa shape index (κ1) is 18.4. The highest BCUT2D eigenvalue weighted by atomic mass is 32.1. The van der Waals surface area contributed by atoms with Crippen LogP contribution >= 0.6 is 11.3 Å². The summed E-state index contributed by atoms with van der Waals surface area (Å²) in [5, 5.41) is 15.1. The molecule has 0 aromatic carbocycles. The molecule has 5 heterocycles. The number of nitrogens with one attached hydrogen (secondary N) is 1. The van der Waals surface area contributed by atoms with Crippen molar-refractivity contribution in [1.29, 1.82) is 0 Å². The lowest BCUT2D eigenvalue weighted by Gasteiger charge is -2.05. The number of fused-ring (bicyclic) bond motifs is 2. The first-order chi connectivity index (χ1) is 15.2. The minimum Gasteiger partial charge on any atom is -0.335 e. The predicted molar refractivity (Wildman–Crippen MR) is 124 cm³/mol. The molecular weight excluding hydrogens is 406 g/mol. The Morgan fingerprint density at radius 2 is 1.97 bits per heavy atom. The minimum atomic E-state index is 0.569. The van der Waals surface area contributed by atoms with Gasteiger partial charge in [0.25, 0.3) is 0 Å². The van der Waals surface area contributed by atoms with Crippen molar-refractivity contribution in [3.63, 3.8) is 0 Å². The second-order valence-electron chi connectivity index (χ2n) is 8.04. The molecule has 8 heteroatoms. The molecule has 5 aromatic rings. The quantitative estimate of drug-likeness (QED) is 0.411. The van der Waals surface area contributed by atoms with Crippen LogP contribution in [0.4, 0.5) is 10.9 Å². The highest BCUT2D eigenvalue weighted by molar-refractivity contribution is 7.15. The zero-order valence-corrected chi connectivity index (χ0v) is 17.9. The van der Waals surface area contributed by atoms with E-state index < -0.39 is 0 Å². The Bertz CT molecular complexity index is 1400. The molecule has 1 fully saturated rings. The molecule has 0 bridgehead atoms. The summed E-state index contributed by atoms with van der Waals surface area (Å²) < 4.78 is 2.04. The second kappa shape index (κ2) is 7.39. The summed E-state index contributed by atoms with van der Waals surface area (Å²) in [6.45, 7) is 0. The second-order valence-corrected chi connectivity index (χ2v) is 9.05. The number of pyridine rings is 3. The largest absolute Gasteiger partial charge is 0.335 e. The van der Waals surface area contributed by atoms with E-state index in [-0.39, 0.29) is 0 Å². The van der Waals surface area contributed by atoms with Gasteiger partial charge in [0.2, 0.25) is 5.13 Å². The lowest BCUT2D eigenvalue weighted by molar-refractivity contribution is 0.705. The summed E-state index contributed by atoms with van der Waals surface area (Å²) in [4.78, 5) is 13.9. The van der Waals surface area contributed by atoms with E-state index in [1.165, 1.54) is 25.7 Å². The van der Waals surface area contributed by atoms with Crippen LogP contribution in [0.1, 0.15) is 36.6 Å². The number of anilines is 2. The molecule has 0 atom stereocenters. The molecule has 0 radical (unpaired) electrons. The Hall–Kier alpha value is -3.39. The fourth-order valence-corrected chi connectivity index (χ4v) is 5.32. The maximum absolute atomic E-state index is 4.79. The summed E-state index contributed by atoms with van der Waals surface area (Å²) in [6, 6.07) is 10.1. The van der Waals surface area contributed by atoms with Crippen molar-refractivity contribution in [2.24, 2.45) is 7.05 Å². The molecule has 7 nitrogen and oxygen atoms in total. The summed E-state index contributed by atoms with van der Waals surface area (Å²) in [5.74, 6) is 1.32. The van der Waals surface area contributed by atoms with Crippen LogP contribution in [0.2, 0.25) is 0 Å². The average molecular weight is 428 g/mol. The molecule has 1 N–H and O–H groups in total. The van der Waals surface area contributed by atoms with Crippen LogP contribution in [0, 0.1) is 0 Å². The van der Waals surface area contributed by atoms with Gasteiger partial charge in [-0.25, -0.2) is 9.97 Å². The predicted octanol–water partition coefficient (Wildman–Crippen LogP) is 5.44. The van der Waals surface area contributed by atoms with Crippen LogP contribution in [0.15, 0.2) is 48.9 Å². The molecule has 0 amide bonds. The van der Waals surface area contributed by atoms with Gasteiger partial charge in [-0.2, -0.15) is 0 Å².